The van der Waals surface area contributed by atoms with Crippen LogP contribution in [0.15, 0.2) is 16.5 Å². The first kappa shape index (κ1) is 14.8. The summed E-state index contributed by atoms with van der Waals surface area (Å²) in [7, 11) is 0. The van der Waals surface area contributed by atoms with Crippen molar-refractivity contribution in [3.05, 3.63) is 23.1 Å². The molecule has 0 radical (unpaired) electrons. The summed E-state index contributed by atoms with van der Waals surface area (Å²) < 4.78 is 5.35. The van der Waals surface area contributed by atoms with E-state index in [9.17, 15) is 9.90 Å². The van der Waals surface area contributed by atoms with E-state index >= 15 is 0 Å². The number of aliphatic carboxylic acids is 1. The Bertz CT molecular complexity index is 535. The van der Waals surface area contributed by atoms with Crippen molar-refractivity contribution >= 4 is 17.6 Å². The number of fused-ring (bicyclic) bond motifs is 1. The van der Waals surface area contributed by atoms with E-state index in [2.05, 4.69) is 4.90 Å². The third-order valence-corrected chi connectivity index (χ3v) is 4.80. The molecule has 3 rings (SSSR count). The summed E-state index contributed by atoms with van der Waals surface area (Å²) in [6, 6.07) is 3.52. The Kier molecular flexibility index (Phi) is 3.96. The molecule has 3 heterocycles. The minimum absolute atomic E-state index is 0.0665. The lowest BCUT2D eigenvalue weighted by Crippen LogP contribution is -2.41. The van der Waals surface area contributed by atoms with Crippen molar-refractivity contribution in [2.75, 3.05) is 39.3 Å². The maximum absolute atomic E-state index is 11.8. The number of furan rings is 1. The van der Waals surface area contributed by atoms with Crippen molar-refractivity contribution in [1.29, 1.82) is 0 Å². The molecular formula is C14H19ClN2O4. The summed E-state index contributed by atoms with van der Waals surface area (Å²) in [6.45, 7) is 3.65. The van der Waals surface area contributed by atoms with Crippen molar-refractivity contribution in [3.8, 4) is 0 Å². The van der Waals surface area contributed by atoms with Gasteiger partial charge in [-0.2, -0.15) is 0 Å². The molecule has 2 aliphatic heterocycles. The van der Waals surface area contributed by atoms with Crippen molar-refractivity contribution in [2.45, 2.75) is 6.54 Å². The zero-order valence-corrected chi connectivity index (χ0v) is 12.4. The van der Waals surface area contributed by atoms with Crippen molar-refractivity contribution in [1.82, 2.24) is 9.80 Å². The van der Waals surface area contributed by atoms with Crippen LogP contribution in [0.1, 0.15) is 5.76 Å². The zero-order chi connectivity index (χ0) is 15.0. The number of carboxylic acids is 1. The highest BCUT2D eigenvalue weighted by atomic mass is 35.5. The molecule has 2 atom stereocenters. The van der Waals surface area contributed by atoms with Gasteiger partial charge in [0.1, 0.15) is 5.76 Å². The standard InChI is InChI=1S/C14H19ClN2O4/c15-12-2-1-11(21-12)7-17-6-10-5-16(3-4-18)8-14(10,9-17)13(19)20/h1-2,10,18H,3-9H2,(H,19,20)/t10-,14-/m1/s1. The lowest BCUT2D eigenvalue weighted by atomic mass is 9.81. The van der Waals surface area contributed by atoms with E-state index in [4.69, 9.17) is 21.1 Å². The minimum atomic E-state index is -0.743. The van der Waals surface area contributed by atoms with Gasteiger partial charge in [0.05, 0.1) is 18.6 Å². The molecule has 0 spiro atoms. The van der Waals surface area contributed by atoms with Crippen molar-refractivity contribution < 1.29 is 19.4 Å². The van der Waals surface area contributed by atoms with Crippen molar-refractivity contribution in [3.63, 3.8) is 0 Å². The molecule has 6 nitrogen and oxygen atoms in total. The van der Waals surface area contributed by atoms with Crippen LogP contribution in [0, 0.1) is 11.3 Å². The van der Waals surface area contributed by atoms with Crippen LogP contribution in [-0.2, 0) is 11.3 Å². The Morgan fingerprint density at radius 2 is 2.10 bits per heavy atom. The maximum atomic E-state index is 11.8. The SMILES string of the molecule is O=C(O)[C@@]12CN(CCO)C[C@@H]1CN(Cc1ccc(Cl)o1)C2. The molecule has 21 heavy (non-hydrogen) atoms. The Morgan fingerprint density at radius 1 is 1.38 bits per heavy atom. The van der Waals surface area contributed by atoms with E-state index in [0.717, 1.165) is 18.8 Å². The second-order valence-electron chi connectivity index (χ2n) is 5.99. The molecule has 1 aromatic heterocycles. The molecule has 0 bridgehead atoms. The first-order valence-electron chi connectivity index (χ1n) is 7.07. The number of nitrogens with zero attached hydrogens (tertiary/aromatic N) is 2. The Labute approximate surface area is 127 Å². The van der Waals surface area contributed by atoms with Gasteiger partial charge in [0.2, 0.25) is 0 Å². The van der Waals surface area contributed by atoms with E-state index in [1.165, 1.54) is 0 Å². The second-order valence-corrected chi connectivity index (χ2v) is 6.36. The third kappa shape index (κ3) is 2.68. The van der Waals surface area contributed by atoms with E-state index in [-0.39, 0.29) is 12.5 Å². The number of halogens is 1. The minimum Gasteiger partial charge on any atom is -0.481 e. The fourth-order valence-corrected chi connectivity index (χ4v) is 3.83. The van der Waals surface area contributed by atoms with E-state index in [1.54, 1.807) is 6.07 Å². The molecule has 1 aromatic rings. The van der Waals surface area contributed by atoms with Gasteiger partial charge in [-0.1, -0.05) is 0 Å². The number of hydrogen-bond donors (Lipinski definition) is 2. The number of carbonyl (C=O) groups is 1. The number of carboxylic acid groups (broad SMARTS) is 1. The highest BCUT2D eigenvalue weighted by Crippen LogP contribution is 2.43. The molecule has 116 valence electrons. The first-order chi connectivity index (χ1) is 10.0. The summed E-state index contributed by atoms with van der Waals surface area (Å²) in [5.41, 5.74) is -0.731. The smallest absolute Gasteiger partial charge is 0.312 e. The van der Waals surface area contributed by atoms with E-state index in [0.29, 0.717) is 31.4 Å². The molecule has 7 heteroatoms. The quantitative estimate of drug-likeness (QED) is 0.835. The molecule has 2 saturated heterocycles. The van der Waals surface area contributed by atoms with Gasteiger partial charge in [-0.15, -0.1) is 0 Å². The molecule has 0 unspecified atom stereocenters. The molecule has 0 amide bonds. The monoisotopic (exact) mass is 314 g/mol. The van der Waals surface area contributed by atoms with Crippen LogP contribution in [0.25, 0.3) is 0 Å². The van der Waals surface area contributed by atoms with Gasteiger partial charge in [-0.05, 0) is 23.7 Å². The largest absolute Gasteiger partial charge is 0.481 e. The Balaban J connectivity index is 1.70. The third-order valence-electron chi connectivity index (χ3n) is 4.60. The van der Waals surface area contributed by atoms with Crippen molar-refractivity contribution in [2.24, 2.45) is 11.3 Å². The highest BCUT2D eigenvalue weighted by molar-refractivity contribution is 6.28. The Hall–Kier alpha value is -1.08. The number of aliphatic hydroxyl groups is 1. The fraction of sp³-hybridized carbons (Fsp3) is 0.643. The molecule has 0 saturated carbocycles. The number of hydrogen-bond acceptors (Lipinski definition) is 5. The van der Waals surface area contributed by atoms with Gasteiger partial charge < -0.3 is 14.6 Å². The van der Waals surface area contributed by atoms with Crippen LogP contribution in [0.3, 0.4) is 0 Å². The van der Waals surface area contributed by atoms with Gasteiger partial charge in [0.25, 0.3) is 0 Å². The average Bonchev–Trinajstić information content (AvgIpc) is 3.03. The summed E-state index contributed by atoms with van der Waals surface area (Å²) in [5.74, 6) is 0.104. The predicted octanol–water partition coefficient (Wildman–Crippen LogP) is 0.744. The van der Waals surface area contributed by atoms with Crippen LogP contribution < -0.4 is 0 Å². The molecule has 2 N–H and O–H groups in total. The average molecular weight is 315 g/mol. The lowest BCUT2D eigenvalue weighted by molar-refractivity contribution is -0.149. The summed E-state index contributed by atoms with van der Waals surface area (Å²) >= 11 is 5.76. The summed E-state index contributed by atoms with van der Waals surface area (Å²) in [4.78, 5) is 16.0. The predicted molar refractivity (Wildman–Crippen MR) is 76.1 cm³/mol. The normalized spacial score (nSPS) is 29.9. The number of likely N-dealkylation sites (tertiary alicyclic amines) is 2. The van der Waals surface area contributed by atoms with Crippen LogP contribution >= 0.6 is 11.6 Å². The first-order valence-corrected chi connectivity index (χ1v) is 7.44. The Morgan fingerprint density at radius 3 is 2.67 bits per heavy atom. The molecule has 2 aliphatic rings. The van der Waals surface area contributed by atoms with E-state index in [1.807, 2.05) is 11.0 Å². The maximum Gasteiger partial charge on any atom is 0.312 e. The molecule has 0 aliphatic carbocycles. The fourth-order valence-electron chi connectivity index (χ4n) is 3.67. The topological polar surface area (TPSA) is 77.1 Å². The van der Waals surface area contributed by atoms with Gasteiger partial charge >= 0.3 is 5.97 Å². The van der Waals surface area contributed by atoms with E-state index < -0.39 is 11.4 Å². The van der Waals surface area contributed by atoms with Crippen LogP contribution in [0.2, 0.25) is 5.22 Å². The second kappa shape index (κ2) is 5.61. The number of β-amino-alcohol motifs (C(OH)–C–C–N with tert-alkyl or cyclic N) is 1. The zero-order valence-electron chi connectivity index (χ0n) is 11.7. The van der Waals surface area contributed by atoms with Gasteiger partial charge in [-0.25, -0.2) is 0 Å². The van der Waals surface area contributed by atoms with Crippen LogP contribution in [0.5, 0.6) is 0 Å². The van der Waals surface area contributed by atoms with Gasteiger partial charge in [0, 0.05) is 38.6 Å². The summed E-state index contributed by atoms with van der Waals surface area (Å²) in [5, 5.41) is 19.1. The highest BCUT2D eigenvalue weighted by Gasteiger charge is 2.57. The molecule has 0 aromatic carbocycles. The van der Waals surface area contributed by atoms with Gasteiger partial charge in [0.15, 0.2) is 5.22 Å². The lowest BCUT2D eigenvalue weighted by Gasteiger charge is -2.24. The number of rotatable bonds is 5. The van der Waals surface area contributed by atoms with Crippen LogP contribution in [0.4, 0.5) is 0 Å². The van der Waals surface area contributed by atoms with Crippen LogP contribution in [-0.4, -0.2) is 65.3 Å². The molecular weight excluding hydrogens is 296 g/mol. The molecule has 2 fully saturated rings. The number of aliphatic hydroxyl groups excluding tert-OH is 1. The summed E-state index contributed by atoms with van der Waals surface area (Å²) in [6.07, 6.45) is 0. The van der Waals surface area contributed by atoms with Gasteiger partial charge in [-0.3, -0.25) is 14.6 Å².